The first-order chi connectivity index (χ1) is 24.2. The standard InChI is InChI=1S/C38H46N6O6/c1-7-22(2)34(38(47)43-18-15-24(16-19-43)37-42-41-32-10-8-9-17-44(32)37)40-29-14-12-26-27(21-30(29)46)28(39-23(3)45)13-11-25-20-31(48-4)35(49-5)36(50-6)33(25)26/h8-10,12,14,17,20-22,24,28,34H,7,11,13,15-16,18-19H2,1-6H3,(H,39,45)(H,40,46)/t22-,28+,34+/m1/s1. The van der Waals surface area contributed by atoms with Crippen molar-refractivity contribution >= 4 is 23.1 Å². The van der Waals surface area contributed by atoms with Crippen LogP contribution in [-0.4, -0.2) is 71.8 Å². The summed E-state index contributed by atoms with van der Waals surface area (Å²) in [4.78, 5) is 42.5. The predicted molar refractivity (Wildman–Crippen MR) is 191 cm³/mol. The number of benzene rings is 1. The van der Waals surface area contributed by atoms with Crippen molar-refractivity contribution in [3.8, 4) is 28.4 Å². The highest BCUT2D eigenvalue weighted by molar-refractivity contribution is 5.86. The number of piperidine rings is 1. The van der Waals surface area contributed by atoms with Crippen LogP contribution in [0.25, 0.3) is 16.8 Å². The SMILES string of the molecule is CC[C@@H](C)[C@H](Nc1ccc2c(cc1=O)[C@@H](NC(C)=O)CCc1cc(OC)c(OC)c(OC)c1-2)C(=O)N1CCC(c2nnc3ccccn23)CC1. The van der Waals surface area contributed by atoms with E-state index in [9.17, 15) is 14.4 Å². The van der Waals surface area contributed by atoms with Gasteiger partial charge in [0.25, 0.3) is 0 Å². The van der Waals surface area contributed by atoms with Gasteiger partial charge in [0.05, 0.1) is 33.1 Å². The Morgan fingerprint density at radius 3 is 2.42 bits per heavy atom. The first kappa shape index (κ1) is 34.7. The summed E-state index contributed by atoms with van der Waals surface area (Å²) in [7, 11) is 4.70. The first-order valence-electron chi connectivity index (χ1n) is 17.3. The molecule has 3 heterocycles. The van der Waals surface area contributed by atoms with Gasteiger partial charge in [0, 0.05) is 37.7 Å². The predicted octanol–water partition coefficient (Wildman–Crippen LogP) is 5.14. The molecule has 3 atom stereocenters. The molecule has 0 radical (unpaired) electrons. The van der Waals surface area contributed by atoms with E-state index < -0.39 is 12.1 Å². The Morgan fingerprint density at radius 2 is 1.74 bits per heavy atom. The number of hydrogen-bond donors (Lipinski definition) is 2. The molecule has 0 unspecified atom stereocenters. The summed E-state index contributed by atoms with van der Waals surface area (Å²) in [5, 5.41) is 15.2. The zero-order valence-corrected chi connectivity index (χ0v) is 29.6. The van der Waals surface area contributed by atoms with Gasteiger partial charge in [-0.05, 0) is 78.6 Å². The van der Waals surface area contributed by atoms with Crippen LogP contribution < -0.4 is 30.3 Å². The van der Waals surface area contributed by atoms with Crippen LogP contribution in [0.1, 0.15) is 75.4 Å². The molecule has 2 aliphatic rings. The zero-order valence-electron chi connectivity index (χ0n) is 29.6. The number of anilines is 1. The average Bonchev–Trinajstić information content (AvgIpc) is 3.43. The summed E-state index contributed by atoms with van der Waals surface area (Å²) >= 11 is 0. The fraction of sp³-hybridized carbons (Fsp3) is 0.447. The average molecular weight is 683 g/mol. The number of hydrogen-bond acceptors (Lipinski definition) is 9. The third-order valence-electron chi connectivity index (χ3n) is 10.2. The van der Waals surface area contributed by atoms with E-state index in [1.165, 1.54) is 6.92 Å². The van der Waals surface area contributed by atoms with Crippen LogP contribution in [0.4, 0.5) is 5.69 Å². The molecule has 0 saturated carbocycles. The molecule has 2 amide bonds. The normalized spacial score (nSPS) is 17.2. The summed E-state index contributed by atoms with van der Waals surface area (Å²) in [5.74, 6) is 2.29. The highest BCUT2D eigenvalue weighted by Gasteiger charge is 2.34. The fourth-order valence-electron chi connectivity index (χ4n) is 7.37. The van der Waals surface area contributed by atoms with Gasteiger partial charge in [-0.25, -0.2) is 0 Å². The highest BCUT2D eigenvalue weighted by Crippen LogP contribution is 2.50. The number of aryl methyl sites for hydroxylation is 1. The molecule has 6 rings (SSSR count). The second kappa shape index (κ2) is 14.8. The lowest BCUT2D eigenvalue weighted by Gasteiger charge is -2.35. The number of carbonyl (C=O) groups is 2. The third-order valence-corrected chi connectivity index (χ3v) is 10.2. The molecule has 2 N–H and O–H groups in total. The largest absolute Gasteiger partial charge is 0.493 e. The number of pyridine rings is 1. The van der Waals surface area contributed by atoms with E-state index in [0.717, 1.165) is 47.4 Å². The molecule has 2 aromatic heterocycles. The topological polar surface area (TPSA) is 136 Å². The Balaban J connectivity index is 1.33. The molecule has 264 valence electrons. The van der Waals surface area contributed by atoms with Crippen LogP contribution in [0.15, 0.2) is 53.5 Å². The fourth-order valence-corrected chi connectivity index (χ4v) is 7.37. The van der Waals surface area contributed by atoms with Crippen LogP contribution in [-0.2, 0) is 16.0 Å². The molecule has 12 nitrogen and oxygen atoms in total. The lowest BCUT2D eigenvalue weighted by atomic mass is 9.93. The molecule has 2 aromatic carbocycles. The molecule has 12 heteroatoms. The minimum absolute atomic E-state index is 0.0312. The lowest BCUT2D eigenvalue weighted by Crippen LogP contribution is -2.49. The Bertz CT molecular complexity index is 1950. The Labute approximate surface area is 292 Å². The van der Waals surface area contributed by atoms with Gasteiger partial charge >= 0.3 is 0 Å². The Kier molecular flexibility index (Phi) is 10.3. The van der Waals surface area contributed by atoms with Gasteiger partial charge < -0.3 is 29.7 Å². The molecular weight excluding hydrogens is 636 g/mol. The summed E-state index contributed by atoms with van der Waals surface area (Å²) in [6.07, 6.45) is 5.42. The van der Waals surface area contributed by atoms with Gasteiger partial charge in [0.15, 0.2) is 17.1 Å². The minimum Gasteiger partial charge on any atom is -0.493 e. The number of fused-ring (bicyclic) bond motifs is 4. The lowest BCUT2D eigenvalue weighted by molar-refractivity contribution is -0.134. The van der Waals surface area contributed by atoms with Crippen LogP contribution in [0.3, 0.4) is 0 Å². The van der Waals surface area contributed by atoms with Gasteiger partial charge in [0.2, 0.25) is 23.0 Å². The number of likely N-dealkylation sites (tertiary alicyclic amines) is 1. The Hall–Kier alpha value is -5.13. The maximum atomic E-state index is 14.2. The summed E-state index contributed by atoms with van der Waals surface area (Å²) in [6.45, 7) is 6.71. The van der Waals surface area contributed by atoms with Crippen molar-refractivity contribution in [3.63, 3.8) is 0 Å². The van der Waals surface area contributed by atoms with E-state index in [2.05, 4.69) is 20.8 Å². The van der Waals surface area contributed by atoms with Crippen molar-refractivity contribution in [2.45, 2.75) is 70.9 Å². The van der Waals surface area contributed by atoms with Crippen molar-refractivity contribution in [3.05, 3.63) is 75.8 Å². The van der Waals surface area contributed by atoms with Gasteiger partial charge in [-0.1, -0.05) is 32.4 Å². The van der Waals surface area contributed by atoms with Gasteiger partial charge in [0.1, 0.15) is 11.9 Å². The number of carbonyl (C=O) groups excluding carboxylic acids is 2. The molecule has 1 aliphatic carbocycles. The number of amides is 2. The van der Waals surface area contributed by atoms with E-state index in [1.807, 2.05) is 59.7 Å². The van der Waals surface area contributed by atoms with Crippen molar-refractivity contribution in [1.29, 1.82) is 0 Å². The molecule has 1 saturated heterocycles. The number of aromatic nitrogens is 3. The quantitative estimate of drug-likeness (QED) is 0.233. The van der Waals surface area contributed by atoms with Gasteiger partial charge in [-0.15, -0.1) is 10.2 Å². The molecule has 0 spiro atoms. The van der Waals surface area contributed by atoms with Crippen LogP contribution in [0.2, 0.25) is 0 Å². The number of nitrogens with one attached hydrogen (secondary N) is 2. The number of methoxy groups -OCH3 is 3. The van der Waals surface area contributed by atoms with Crippen molar-refractivity contribution in [2.75, 3.05) is 39.7 Å². The van der Waals surface area contributed by atoms with Crippen molar-refractivity contribution in [1.82, 2.24) is 24.8 Å². The maximum absolute atomic E-state index is 14.2. The molecule has 1 aliphatic heterocycles. The second-order valence-electron chi connectivity index (χ2n) is 13.2. The van der Waals surface area contributed by atoms with Crippen LogP contribution in [0.5, 0.6) is 17.2 Å². The summed E-state index contributed by atoms with van der Waals surface area (Å²) in [5.41, 5.74) is 3.95. The number of rotatable bonds is 10. The second-order valence-corrected chi connectivity index (χ2v) is 13.2. The summed E-state index contributed by atoms with van der Waals surface area (Å²) in [6, 6.07) is 11.9. The first-order valence-corrected chi connectivity index (χ1v) is 17.3. The zero-order chi connectivity index (χ0) is 35.5. The van der Waals surface area contributed by atoms with Crippen LogP contribution in [0, 0.1) is 5.92 Å². The monoisotopic (exact) mass is 682 g/mol. The Morgan fingerprint density at radius 1 is 0.980 bits per heavy atom. The molecule has 1 fully saturated rings. The van der Waals surface area contributed by atoms with E-state index in [0.29, 0.717) is 54.4 Å². The van der Waals surface area contributed by atoms with E-state index in [4.69, 9.17) is 14.2 Å². The maximum Gasteiger partial charge on any atom is 0.245 e. The molecular formula is C38H46N6O6. The third kappa shape index (κ3) is 6.58. The minimum atomic E-state index is -0.613. The number of ether oxygens (including phenoxy) is 3. The van der Waals surface area contributed by atoms with E-state index in [-0.39, 0.29) is 29.1 Å². The van der Waals surface area contributed by atoms with Gasteiger partial charge in [-0.2, -0.15) is 0 Å². The number of nitrogens with zero attached hydrogens (tertiary/aromatic N) is 4. The van der Waals surface area contributed by atoms with Crippen molar-refractivity contribution < 1.29 is 23.8 Å². The molecule has 0 bridgehead atoms. The highest BCUT2D eigenvalue weighted by atomic mass is 16.5. The van der Waals surface area contributed by atoms with Crippen LogP contribution >= 0.6 is 0 Å². The molecule has 4 aromatic rings. The molecule has 50 heavy (non-hydrogen) atoms. The van der Waals surface area contributed by atoms with Gasteiger partial charge in [-0.3, -0.25) is 18.8 Å². The van der Waals surface area contributed by atoms with E-state index in [1.54, 1.807) is 33.5 Å². The smallest absolute Gasteiger partial charge is 0.245 e. The summed E-state index contributed by atoms with van der Waals surface area (Å²) < 4.78 is 19.3. The van der Waals surface area contributed by atoms with Crippen molar-refractivity contribution in [2.24, 2.45) is 5.92 Å². The van der Waals surface area contributed by atoms with E-state index >= 15 is 0 Å².